The van der Waals surface area contributed by atoms with Crippen LogP contribution < -0.4 is 10.6 Å². The number of nitrogens with one attached hydrogen (secondary N) is 2. The standard InChI is InChI=1S/C20H18F2N2O4/c1-23-11-20(21,22)9-15-13(7-8-14-16(15)18(26)24-17(14)25)19(27)28-10-12-5-3-2-4-6-12/h2-8,23H,9-11H2,1H3,(H,24,25,26). The summed E-state index contributed by atoms with van der Waals surface area (Å²) in [5.41, 5.74) is 0.149. The molecule has 3 rings (SSSR count). The summed E-state index contributed by atoms with van der Waals surface area (Å²) in [4.78, 5) is 36.6. The maximum absolute atomic E-state index is 14.3. The van der Waals surface area contributed by atoms with Crippen LogP contribution in [0.3, 0.4) is 0 Å². The zero-order chi connectivity index (χ0) is 20.3. The molecule has 0 fully saturated rings. The van der Waals surface area contributed by atoms with Crippen molar-refractivity contribution < 1.29 is 27.9 Å². The first kappa shape index (κ1) is 19.6. The lowest BCUT2D eigenvalue weighted by molar-refractivity contribution is 0.00403. The van der Waals surface area contributed by atoms with Crippen LogP contribution in [-0.2, 0) is 17.8 Å². The molecule has 0 spiro atoms. The third-order valence-electron chi connectivity index (χ3n) is 4.32. The van der Waals surface area contributed by atoms with E-state index < -0.39 is 36.7 Å². The van der Waals surface area contributed by atoms with Gasteiger partial charge < -0.3 is 10.1 Å². The molecule has 146 valence electrons. The van der Waals surface area contributed by atoms with Gasteiger partial charge in [0, 0.05) is 6.42 Å². The lowest BCUT2D eigenvalue weighted by Crippen LogP contribution is -2.34. The van der Waals surface area contributed by atoms with E-state index in [1.807, 2.05) is 6.07 Å². The van der Waals surface area contributed by atoms with Gasteiger partial charge in [-0.05, 0) is 30.3 Å². The van der Waals surface area contributed by atoms with Gasteiger partial charge in [-0.1, -0.05) is 30.3 Å². The van der Waals surface area contributed by atoms with E-state index in [1.165, 1.54) is 19.2 Å². The fourth-order valence-electron chi connectivity index (χ4n) is 3.08. The summed E-state index contributed by atoms with van der Waals surface area (Å²) in [6.07, 6.45) is -0.881. The highest BCUT2D eigenvalue weighted by Gasteiger charge is 2.38. The maximum atomic E-state index is 14.3. The normalized spacial score (nSPS) is 13.2. The van der Waals surface area contributed by atoms with Gasteiger partial charge in [-0.3, -0.25) is 14.9 Å². The second-order valence-corrected chi connectivity index (χ2v) is 6.42. The van der Waals surface area contributed by atoms with E-state index in [4.69, 9.17) is 4.74 Å². The first-order valence-electron chi connectivity index (χ1n) is 8.57. The van der Waals surface area contributed by atoms with Crippen molar-refractivity contribution in [2.75, 3.05) is 13.6 Å². The third-order valence-corrected chi connectivity index (χ3v) is 4.32. The molecule has 2 aromatic carbocycles. The number of hydrogen-bond acceptors (Lipinski definition) is 5. The molecule has 8 heteroatoms. The Balaban J connectivity index is 1.96. The highest BCUT2D eigenvalue weighted by Crippen LogP contribution is 2.30. The number of halogens is 2. The smallest absolute Gasteiger partial charge is 0.338 e. The van der Waals surface area contributed by atoms with Crippen molar-refractivity contribution in [1.82, 2.24) is 10.6 Å². The van der Waals surface area contributed by atoms with Crippen LogP contribution in [0, 0.1) is 0 Å². The van der Waals surface area contributed by atoms with Gasteiger partial charge in [0.15, 0.2) is 0 Å². The highest BCUT2D eigenvalue weighted by molar-refractivity contribution is 6.23. The summed E-state index contributed by atoms with van der Waals surface area (Å²) in [5.74, 6) is -5.55. The maximum Gasteiger partial charge on any atom is 0.338 e. The second-order valence-electron chi connectivity index (χ2n) is 6.42. The van der Waals surface area contributed by atoms with Crippen molar-refractivity contribution in [2.45, 2.75) is 19.0 Å². The van der Waals surface area contributed by atoms with E-state index in [9.17, 15) is 23.2 Å². The van der Waals surface area contributed by atoms with E-state index in [0.717, 1.165) is 5.56 Å². The average molecular weight is 388 g/mol. The van der Waals surface area contributed by atoms with Gasteiger partial charge in [-0.25, -0.2) is 13.6 Å². The summed E-state index contributed by atoms with van der Waals surface area (Å²) in [6.45, 7) is -0.695. The van der Waals surface area contributed by atoms with Gasteiger partial charge in [-0.2, -0.15) is 0 Å². The average Bonchev–Trinajstić information content (AvgIpc) is 2.95. The van der Waals surface area contributed by atoms with E-state index in [2.05, 4.69) is 10.6 Å². The van der Waals surface area contributed by atoms with Crippen LogP contribution in [0.1, 0.15) is 42.2 Å². The van der Waals surface area contributed by atoms with E-state index in [-0.39, 0.29) is 28.9 Å². The van der Waals surface area contributed by atoms with Crippen LogP contribution in [0.15, 0.2) is 42.5 Å². The highest BCUT2D eigenvalue weighted by atomic mass is 19.3. The summed E-state index contributed by atoms with van der Waals surface area (Å²) in [6, 6.07) is 11.4. The number of benzene rings is 2. The molecule has 1 heterocycles. The van der Waals surface area contributed by atoms with Gasteiger partial charge in [0.1, 0.15) is 6.61 Å². The van der Waals surface area contributed by atoms with Crippen molar-refractivity contribution in [3.05, 3.63) is 70.3 Å². The van der Waals surface area contributed by atoms with Crippen molar-refractivity contribution in [2.24, 2.45) is 0 Å². The Bertz CT molecular complexity index is 929. The van der Waals surface area contributed by atoms with E-state index in [1.54, 1.807) is 24.3 Å². The number of carbonyl (C=O) groups is 3. The first-order valence-corrected chi connectivity index (χ1v) is 8.57. The number of hydrogen-bond donors (Lipinski definition) is 2. The minimum Gasteiger partial charge on any atom is -0.457 e. The van der Waals surface area contributed by atoms with Crippen LogP contribution in [0.25, 0.3) is 0 Å². The summed E-state index contributed by atoms with van der Waals surface area (Å²) >= 11 is 0. The second kappa shape index (κ2) is 7.85. The molecule has 2 aromatic rings. The van der Waals surface area contributed by atoms with Crippen molar-refractivity contribution in [3.8, 4) is 0 Å². The molecule has 1 aliphatic rings. The zero-order valence-corrected chi connectivity index (χ0v) is 15.1. The molecule has 6 nitrogen and oxygen atoms in total. The number of rotatable bonds is 7. The largest absolute Gasteiger partial charge is 0.457 e. The molecule has 0 atom stereocenters. The molecule has 0 bridgehead atoms. The Kier molecular flexibility index (Phi) is 5.51. The Morgan fingerprint density at radius 2 is 1.82 bits per heavy atom. The van der Waals surface area contributed by atoms with E-state index >= 15 is 0 Å². The van der Waals surface area contributed by atoms with Gasteiger partial charge in [0.05, 0.1) is 23.2 Å². The minimum atomic E-state index is -3.23. The summed E-state index contributed by atoms with van der Waals surface area (Å²) < 4.78 is 33.8. The molecule has 1 aliphatic heterocycles. The van der Waals surface area contributed by atoms with Crippen molar-refractivity contribution >= 4 is 17.8 Å². The summed E-state index contributed by atoms with van der Waals surface area (Å²) in [7, 11) is 1.37. The Morgan fingerprint density at radius 1 is 1.11 bits per heavy atom. The Hall–Kier alpha value is -3.13. The number of imide groups is 1. The molecular formula is C20H18F2N2O4. The number of alkyl halides is 2. The third kappa shape index (κ3) is 4.07. The van der Waals surface area contributed by atoms with Crippen LogP contribution >= 0.6 is 0 Å². The van der Waals surface area contributed by atoms with Crippen molar-refractivity contribution in [1.29, 1.82) is 0 Å². The fraction of sp³-hybridized carbons (Fsp3) is 0.250. The van der Waals surface area contributed by atoms with Crippen LogP contribution in [-0.4, -0.2) is 37.3 Å². The minimum absolute atomic E-state index is 0.0279. The molecular weight excluding hydrogens is 370 g/mol. The fourth-order valence-corrected chi connectivity index (χ4v) is 3.08. The molecule has 0 saturated carbocycles. The topological polar surface area (TPSA) is 84.5 Å². The van der Waals surface area contributed by atoms with Gasteiger partial charge in [0.25, 0.3) is 17.7 Å². The lowest BCUT2D eigenvalue weighted by atomic mass is 9.92. The Labute approximate surface area is 159 Å². The predicted octanol–water partition coefficient (Wildman–Crippen LogP) is 2.32. The quantitative estimate of drug-likeness (QED) is 0.562. The number of fused-ring (bicyclic) bond motifs is 1. The van der Waals surface area contributed by atoms with E-state index in [0.29, 0.717) is 0 Å². The molecule has 0 saturated heterocycles. The zero-order valence-electron chi connectivity index (χ0n) is 15.1. The monoisotopic (exact) mass is 388 g/mol. The predicted molar refractivity (Wildman–Crippen MR) is 96.4 cm³/mol. The first-order chi connectivity index (χ1) is 13.3. The van der Waals surface area contributed by atoms with Crippen LogP contribution in [0.5, 0.6) is 0 Å². The molecule has 0 aliphatic carbocycles. The van der Waals surface area contributed by atoms with Crippen molar-refractivity contribution in [3.63, 3.8) is 0 Å². The van der Waals surface area contributed by atoms with Gasteiger partial charge in [-0.15, -0.1) is 0 Å². The number of amides is 2. The van der Waals surface area contributed by atoms with Gasteiger partial charge >= 0.3 is 5.97 Å². The number of ether oxygens (including phenoxy) is 1. The van der Waals surface area contributed by atoms with Crippen LogP contribution in [0.4, 0.5) is 8.78 Å². The summed E-state index contributed by atoms with van der Waals surface area (Å²) in [5, 5.41) is 4.45. The molecule has 0 aromatic heterocycles. The number of esters is 1. The van der Waals surface area contributed by atoms with Crippen LogP contribution in [0.2, 0.25) is 0 Å². The van der Waals surface area contributed by atoms with Gasteiger partial charge in [0.2, 0.25) is 0 Å². The lowest BCUT2D eigenvalue weighted by Gasteiger charge is -2.19. The SMILES string of the molecule is CNCC(F)(F)Cc1c(C(=O)OCc2ccccc2)ccc2c1C(=O)NC2=O. The molecule has 0 unspecified atom stereocenters. The number of carbonyl (C=O) groups excluding carboxylic acids is 3. The molecule has 0 radical (unpaired) electrons. The molecule has 2 N–H and O–H groups in total. The molecule has 28 heavy (non-hydrogen) atoms. The Morgan fingerprint density at radius 3 is 2.50 bits per heavy atom. The molecule has 2 amide bonds.